The van der Waals surface area contributed by atoms with Crippen LogP contribution in [0.25, 0.3) is 0 Å². The van der Waals surface area contributed by atoms with Gasteiger partial charge in [0.15, 0.2) is 5.79 Å². The largest absolute Gasteiger partial charge is 0.348 e. The SMILES string of the molecule is Cc1cc(C)c(CC(=O)NC2(C=O)COC(C)(C)OC2)c(C)c1. The first kappa shape index (κ1) is 17.6. The van der Waals surface area contributed by atoms with Crippen LogP contribution in [0.4, 0.5) is 0 Å². The van der Waals surface area contributed by atoms with E-state index in [9.17, 15) is 9.59 Å². The Labute approximate surface area is 137 Å². The van der Waals surface area contributed by atoms with Crippen LogP contribution in [0.5, 0.6) is 0 Å². The molecule has 1 heterocycles. The lowest BCUT2D eigenvalue weighted by Crippen LogP contribution is -2.62. The number of carbonyl (C=O) groups is 2. The lowest BCUT2D eigenvalue weighted by Gasteiger charge is -2.40. The van der Waals surface area contributed by atoms with Gasteiger partial charge in [0.05, 0.1) is 19.6 Å². The van der Waals surface area contributed by atoms with E-state index < -0.39 is 11.3 Å². The predicted molar refractivity (Wildman–Crippen MR) is 87.3 cm³/mol. The zero-order chi connectivity index (χ0) is 17.3. The average Bonchev–Trinajstić information content (AvgIpc) is 2.45. The van der Waals surface area contributed by atoms with Crippen molar-refractivity contribution in [3.8, 4) is 0 Å². The van der Waals surface area contributed by atoms with Crippen molar-refractivity contribution < 1.29 is 19.1 Å². The number of hydrogen-bond acceptors (Lipinski definition) is 4. The van der Waals surface area contributed by atoms with Gasteiger partial charge in [0.25, 0.3) is 0 Å². The van der Waals surface area contributed by atoms with Crippen LogP contribution in [0.15, 0.2) is 12.1 Å². The Morgan fingerprint density at radius 3 is 2.17 bits per heavy atom. The van der Waals surface area contributed by atoms with Gasteiger partial charge in [-0.1, -0.05) is 17.7 Å². The van der Waals surface area contributed by atoms with Crippen LogP contribution in [0.2, 0.25) is 0 Å². The van der Waals surface area contributed by atoms with Gasteiger partial charge < -0.3 is 19.6 Å². The molecule has 126 valence electrons. The van der Waals surface area contributed by atoms with Gasteiger partial charge in [0.1, 0.15) is 11.8 Å². The van der Waals surface area contributed by atoms with E-state index in [1.807, 2.05) is 20.8 Å². The van der Waals surface area contributed by atoms with E-state index >= 15 is 0 Å². The number of amides is 1. The highest BCUT2D eigenvalue weighted by Gasteiger charge is 2.41. The second-order valence-corrected chi connectivity index (χ2v) is 6.85. The number of carbonyl (C=O) groups excluding carboxylic acids is 2. The highest BCUT2D eigenvalue weighted by molar-refractivity contribution is 5.84. The monoisotopic (exact) mass is 319 g/mol. The molecule has 0 bridgehead atoms. The number of nitrogens with one attached hydrogen (secondary N) is 1. The predicted octanol–water partition coefficient (Wildman–Crippen LogP) is 1.99. The second-order valence-electron chi connectivity index (χ2n) is 6.85. The lowest BCUT2D eigenvalue weighted by molar-refractivity contribution is -0.264. The van der Waals surface area contributed by atoms with E-state index in [4.69, 9.17) is 9.47 Å². The van der Waals surface area contributed by atoms with Gasteiger partial charge in [-0.25, -0.2) is 0 Å². The smallest absolute Gasteiger partial charge is 0.225 e. The van der Waals surface area contributed by atoms with Crippen molar-refractivity contribution in [2.24, 2.45) is 0 Å². The van der Waals surface area contributed by atoms with Gasteiger partial charge >= 0.3 is 0 Å². The molecule has 1 amide bonds. The molecule has 0 radical (unpaired) electrons. The molecule has 1 fully saturated rings. The van der Waals surface area contributed by atoms with Crippen LogP contribution in [0.1, 0.15) is 36.1 Å². The highest BCUT2D eigenvalue weighted by atomic mass is 16.7. The maximum atomic E-state index is 12.4. The van der Waals surface area contributed by atoms with Crippen LogP contribution < -0.4 is 5.32 Å². The third kappa shape index (κ3) is 4.18. The van der Waals surface area contributed by atoms with Gasteiger partial charge in [-0.3, -0.25) is 4.79 Å². The maximum Gasteiger partial charge on any atom is 0.225 e. The molecular formula is C18H25NO4. The van der Waals surface area contributed by atoms with Crippen molar-refractivity contribution in [3.05, 3.63) is 34.4 Å². The summed E-state index contributed by atoms with van der Waals surface area (Å²) in [6.07, 6.45) is 0.936. The highest BCUT2D eigenvalue weighted by Crippen LogP contribution is 2.23. The van der Waals surface area contributed by atoms with Gasteiger partial charge in [0.2, 0.25) is 5.91 Å². The Bertz CT molecular complexity index is 588. The fraction of sp³-hybridized carbons (Fsp3) is 0.556. The molecule has 23 heavy (non-hydrogen) atoms. The number of hydrogen-bond donors (Lipinski definition) is 1. The van der Waals surface area contributed by atoms with Gasteiger partial charge in [-0.2, -0.15) is 0 Å². The quantitative estimate of drug-likeness (QED) is 0.862. The van der Waals surface area contributed by atoms with Crippen molar-refractivity contribution in [1.29, 1.82) is 0 Å². The molecule has 5 nitrogen and oxygen atoms in total. The molecule has 1 N–H and O–H groups in total. The Kier molecular flexibility index (Phi) is 4.92. The van der Waals surface area contributed by atoms with Crippen LogP contribution in [0, 0.1) is 20.8 Å². The standard InChI is InChI=1S/C18H25NO4/c1-12-6-13(2)15(14(3)7-12)8-16(21)19-18(9-20)10-22-17(4,5)23-11-18/h6-7,9H,8,10-11H2,1-5H3,(H,19,21). The zero-order valence-electron chi connectivity index (χ0n) is 14.5. The van der Waals surface area contributed by atoms with E-state index in [1.54, 1.807) is 13.8 Å². The van der Waals surface area contributed by atoms with Crippen LogP contribution in [0.3, 0.4) is 0 Å². The van der Waals surface area contributed by atoms with Crippen molar-refractivity contribution in [1.82, 2.24) is 5.32 Å². The first-order chi connectivity index (χ1) is 10.7. The van der Waals surface area contributed by atoms with Crippen LogP contribution in [-0.4, -0.2) is 36.7 Å². The maximum absolute atomic E-state index is 12.4. The molecule has 0 atom stereocenters. The van der Waals surface area contributed by atoms with Crippen molar-refractivity contribution >= 4 is 12.2 Å². The average molecular weight is 319 g/mol. The summed E-state index contributed by atoms with van der Waals surface area (Å²) in [4.78, 5) is 23.9. The van der Waals surface area contributed by atoms with Crippen molar-refractivity contribution in [3.63, 3.8) is 0 Å². The second kappa shape index (κ2) is 6.42. The minimum atomic E-state index is -1.11. The van der Waals surface area contributed by atoms with E-state index in [1.165, 1.54) is 5.56 Å². The van der Waals surface area contributed by atoms with Gasteiger partial charge in [-0.15, -0.1) is 0 Å². The molecular weight excluding hydrogens is 294 g/mol. The molecule has 0 saturated carbocycles. The minimum absolute atomic E-state index is 0.112. The molecule has 1 aliphatic heterocycles. The molecule has 0 spiro atoms. The summed E-state index contributed by atoms with van der Waals surface area (Å²) in [5.41, 5.74) is 3.21. The van der Waals surface area contributed by atoms with Crippen molar-refractivity contribution in [2.75, 3.05) is 13.2 Å². The van der Waals surface area contributed by atoms with Gasteiger partial charge in [0, 0.05) is 0 Å². The fourth-order valence-corrected chi connectivity index (χ4v) is 2.83. The van der Waals surface area contributed by atoms with Crippen LogP contribution >= 0.6 is 0 Å². The molecule has 1 aromatic carbocycles. The third-order valence-corrected chi connectivity index (χ3v) is 4.15. The molecule has 0 aliphatic carbocycles. The summed E-state index contributed by atoms with van der Waals surface area (Å²) in [6.45, 7) is 9.80. The third-order valence-electron chi connectivity index (χ3n) is 4.15. The summed E-state index contributed by atoms with van der Waals surface area (Å²) >= 11 is 0. The number of benzene rings is 1. The molecule has 0 unspecified atom stereocenters. The summed E-state index contributed by atoms with van der Waals surface area (Å²) in [6, 6.07) is 4.11. The molecule has 2 rings (SSSR count). The van der Waals surface area contributed by atoms with Crippen molar-refractivity contribution in [2.45, 2.75) is 52.4 Å². The summed E-state index contributed by atoms with van der Waals surface area (Å²) in [5.74, 6) is -0.944. The minimum Gasteiger partial charge on any atom is -0.348 e. The first-order valence-corrected chi connectivity index (χ1v) is 7.78. The Hall–Kier alpha value is -1.72. The summed E-state index contributed by atoms with van der Waals surface area (Å²) in [7, 11) is 0. The molecule has 0 aromatic heterocycles. The molecule has 1 aromatic rings. The van der Waals surface area contributed by atoms with Crippen LogP contribution in [-0.2, 0) is 25.5 Å². The molecule has 1 aliphatic rings. The number of rotatable bonds is 4. The van der Waals surface area contributed by atoms with Gasteiger partial charge in [-0.05, 0) is 51.3 Å². The van der Waals surface area contributed by atoms with E-state index in [2.05, 4.69) is 17.4 Å². The number of aryl methyl sites for hydroxylation is 3. The van der Waals surface area contributed by atoms with E-state index in [-0.39, 0.29) is 25.5 Å². The zero-order valence-corrected chi connectivity index (χ0v) is 14.5. The lowest BCUT2D eigenvalue weighted by atomic mass is 9.96. The molecule has 5 heteroatoms. The Balaban J connectivity index is 2.09. The normalized spacial score (nSPS) is 19.2. The van der Waals surface area contributed by atoms with E-state index in [0.29, 0.717) is 6.29 Å². The summed E-state index contributed by atoms with van der Waals surface area (Å²) < 4.78 is 11.0. The Morgan fingerprint density at radius 1 is 1.17 bits per heavy atom. The summed E-state index contributed by atoms with van der Waals surface area (Å²) in [5, 5.41) is 2.78. The topological polar surface area (TPSA) is 64.6 Å². The first-order valence-electron chi connectivity index (χ1n) is 7.78. The van der Waals surface area contributed by atoms with E-state index in [0.717, 1.165) is 16.7 Å². The fourth-order valence-electron chi connectivity index (χ4n) is 2.83. The molecule has 1 saturated heterocycles. The number of aldehydes is 1. The Morgan fingerprint density at radius 2 is 1.70 bits per heavy atom. The number of ether oxygens (including phenoxy) is 2.